The van der Waals surface area contributed by atoms with E-state index >= 15 is 0 Å². The third-order valence-corrected chi connectivity index (χ3v) is 3.46. The molecule has 136 valence electrons. The van der Waals surface area contributed by atoms with Gasteiger partial charge < -0.3 is 20.1 Å². The summed E-state index contributed by atoms with van der Waals surface area (Å²) in [5, 5.41) is 6.55. The second-order valence-electron chi connectivity index (χ2n) is 5.40. The molecule has 0 saturated carbocycles. The summed E-state index contributed by atoms with van der Waals surface area (Å²) in [4.78, 5) is 4.23. The Morgan fingerprint density at radius 2 is 1.76 bits per heavy atom. The van der Waals surface area contributed by atoms with Crippen LogP contribution in [0.1, 0.15) is 12.5 Å². The first-order chi connectivity index (χ1) is 11.7. The van der Waals surface area contributed by atoms with Gasteiger partial charge in [-0.3, -0.25) is 4.99 Å². The molecular weight excluding hydrogens is 429 g/mol. The number of rotatable bonds is 7. The van der Waals surface area contributed by atoms with Crippen molar-refractivity contribution in [1.29, 1.82) is 0 Å². The molecule has 0 aromatic heterocycles. The van der Waals surface area contributed by atoms with Gasteiger partial charge in [0, 0.05) is 13.6 Å². The Bertz CT molecular complexity index is 650. The summed E-state index contributed by atoms with van der Waals surface area (Å²) < 4.78 is 11.1. The lowest BCUT2D eigenvalue weighted by molar-refractivity contribution is 0.224. The second kappa shape index (κ2) is 11.6. The molecule has 1 unspecified atom stereocenters. The topological polar surface area (TPSA) is 54.9 Å². The van der Waals surface area contributed by atoms with Gasteiger partial charge in [-0.05, 0) is 36.8 Å². The Balaban J connectivity index is 0.00000312. The zero-order chi connectivity index (χ0) is 17.2. The van der Waals surface area contributed by atoms with E-state index in [2.05, 4.69) is 15.6 Å². The van der Waals surface area contributed by atoms with Gasteiger partial charge in [-0.15, -0.1) is 24.0 Å². The minimum absolute atomic E-state index is 0. The maximum absolute atomic E-state index is 5.84. The number of guanidine groups is 1. The summed E-state index contributed by atoms with van der Waals surface area (Å²) in [7, 11) is 3.42. The molecule has 0 aliphatic carbocycles. The van der Waals surface area contributed by atoms with Crippen LogP contribution in [-0.4, -0.2) is 32.8 Å². The summed E-state index contributed by atoms with van der Waals surface area (Å²) in [5.41, 5.74) is 1.13. The van der Waals surface area contributed by atoms with Crippen LogP contribution in [0, 0.1) is 0 Å². The molecule has 0 heterocycles. The number of ether oxygens (including phenoxy) is 2. The highest BCUT2D eigenvalue weighted by Crippen LogP contribution is 2.12. The van der Waals surface area contributed by atoms with Crippen molar-refractivity contribution in [3.05, 3.63) is 60.2 Å². The fourth-order valence-electron chi connectivity index (χ4n) is 2.20. The molecule has 0 aliphatic rings. The molecule has 0 fully saturated rings. The van der Waals surface area contributed by atoms with Crippen molar-refractivity contribution in [1.82, 2.24) is 10.6 Å². The lowest BCUT2D eigenvalue weighted by Crippen LogP contribution is -2.41. The molecule has 2 N–H and O–H groups in total. The lowest BCUT2D eigenvalue weighted by atomic mass is 10.2. The maximum Gasteiger partial charge on any atom is 0.191 e. The van der Waals surface area contributed by atoms with E-state index < -0.39 is 0 Å². The minimum Gasteiger partial charge on any atom is -0.497 e. The summed E-state index contributed by atoms with van der Waals surface area (Å²) >= 11 is 0. The Morgan fingerprint density at radius 3 is 2.44 bits per heavy atom. The summed E-state index contributed by atoms with van der Waals surface area (Å²) in [6.45, 7) is 3.35. The molecule has 0 bridgehead atoms. The molecule has 2 rings (SSSR count). The molecule has 6 heteroatoms. The van der Waals surface area contributed by atoms with E-state index in [-0.39, 0.29) is 30.1 Å². The zero-order valence-corrected chi connectivity index (χ0v) is 17.2. The van der Waals surface area contributed by atoms with Gasteiger partial charge in [0.2, 0.25) is 0 Å². The molecule has 0 aliphatic heterocycles. The summed E-state index contributed by atoms with van der Waals surface area (Å²) in [6.07, 6.45) is 0.0303. The van der Waals surface area contributed by atoms with Gasteiger partial charge >= 0.3 is 0 Å². The Morgan fingerprint density at radius 1 is 1.04 bits per heavy atom. The van der Waals surface area contributed by atoms with Crippen LogP contribution in [0.4, 0.5) is 0 Å². The quantitative estimate of drug-likeness (QED) is 0.382. The van der Waals surface area contributed by atoms with E-state index in [1.165, 1.54) is 0 Å². The summed E-state index contributed by atoms with van der Waals surface area (Å²) in [5.74, 6) is 2.45. The molecule has 5 nitrogen and oxygen atoms in total. The Hall–Kier alpha value is -1.96. The van der Waals surface area contributed by atoms with Gasteiger partial charge in [-0.2, -0.15) is 0 Å². The van der Waals surface area contributed by atoms with E-state index in [0.29, 0.717) is 13.1 Å². The number of hydrogen-bond acceptors (Lipinski definition) is 3. The van der Waals surface area contributed by atoms with Crippen molar-refractivity contribution in [2.45, 2.75) is 19.6 Å². The van der Waals surface area contributed by atoms with Gasteiger partial charge in [-0.1, -0.05) is 30.3 Å². The Labute approximate surface area is 166 Å². The maximum atomic E-state index is 5.84. The number of hydrogen-bond donors (Lipinski definition) is 2. The first kappa shape index (κ1) is 21.1. The normalized spacial score (nSPS) is 11.9. The monoisotopic (exact) mass is 455 g/mol. The van der Waals surface area contributed by atoms with E-state index in [9.17, 15) is 0 Å². The van der Waals surface area contributed by atoms with Crippen molar-refractivity contribution in [3.8, 4) is 11.5 Å². The van der Waals surface area contributed by atoms with Crippen LogP contribution in [0.3, 0.4) is 0 Å². The minimum atomic E-state index is 0. The van der Waals surface area contributed by atoms with E-state index in [0.717, 1.165) is 23.0 Å². The molecule has 25 heavy (non-hydrogen) atoms. The molecule has 2 aromatic rings. The number of halogens is 1. The number of para-hydroxylation sites is 1. The average Bonchev–Trinajstić information content (AvgIpc) is 2.63. The second-order valence-corrected chi connectivity index (χ2v) is 5.40. The van der Waals surface area contributed by atoms with Crippen LogP contribution in [0.2, 0.25) is 0 Å². The third-order valence-electron chi connectivity index (χ3n) is 3.46. The predicted molar refractivity (Wildman–Crippen MR) is 113 cm³/mol. The van der Waals surface area contributed by atoms with E-state index in [1.807, 2.05) is 61.5 Å². The fourth-order valence-corrected chi connectivity index (χ4v) is 2.20. The molecule has 2 aromatic carbocycles. The first-order valence-corrected chi connectivity index (χ1v) is 8.00. The standard InChI is InChI=1S/C19H25N3O2.HI/c1-15(24-17-9-5-4-6-10-17)13-21-19(20-2)22-14-16-8-7-11-18(12-16)23-3;/h4-12,15H,13-14H2,1-3H3,(H2,20,21,22);1H. The van der Waals surface area contributed by atoms with Crippen LogP contribution < -0.4 is 20.1 Å². The number of nitrogens with zero attached hydrogens (tertiary/aromatic N) is 1. The highest BCUT2D eigenvalue weighted by molar-refractivity contribution is 14.0. The van der Waals surface area contributed by atoms with Crippen LogP contribution in [0.25, 0.3) is 0 Å². The molecule has 0 amide bonds. The molecule has 0 radical (unpaired) electrons. The van der Waals surface area contributed by atoms with Crippen molar-refractivity contribution < 1.29 is 9.47 Å². The van der Waals surface area contributed by atoms with Gasteiger partial charge in [-0.25, -0.2) is 0 Å². The van der Waals surface area contributed by atoms with E-state index in [4.69, 9.17) is 9.47 Å². The fraction of sp³-hybridized carbons (Fsp3) is 0.316. The lowest BCUT2D eigenvalue weighted by Gasteiger charge is -2.18. The number of benzene rings is 2. The SMILES string of the molecule is CN=C(NCc1cccc(OC)c1)NCC(C)Oc1ccccc1.I. The summed E-state index contributed by atoms with van der Waals surface area (Å²) in [6, 6.07) is 17.7. The Kier molecular flexibility index (Phi) is 9.76. The molecular formula is C19H26IN3O2. The molecule has 0 saturated heterocycles. The smallest absolute Gasteiger partial charge is 0.191 e. The van der Waals surface area contributed by atoms with Crippen molar-refractivity contribution in [3.63, 3.8) is 0 Å². The van der Waals surface area contributed by atoms with Crippen LogP contribution in [0.15, 0.2) is 59.6 Å². The molecule has 1 atom stereocenters. The first-order valence-electron chi connectivity index (χ1n) is 8.00. The average molecular weight is 455 g/mol. The van der Waals surface area contributed by atoms with Crippen LogP contribution >= 0.6 is 24.0 Å². The van der Waals surface area contributed by atoms with Gasteiger partial charge in [0.15, 0.2) is 5.96 Å². The van der Waals surface area contributed by atoms with E-state index in [1.54, 1.807) is 14.2 Å². The third kappa shape index (κ3) is 7.64. The molecule has 0 spiro atoms. The van der Waals surface area contributed by atoms with Crippen molar-refractivity contribution in [2.75, 3.05) is 20.7 Å². The number of nitrogens with one attached hydrogen (secondary N) is 2. The van der Waals surface area contributed by atoms with Crippen molar-refractivity contribution in [2.24, 2.45) is 4.99 Å². The number of aliphatic imine (C=N–C) groups is 1. The number of methoxy groups -OCH3 is 1. The van der Waals surface area contributed by atoms with Crippen molar-refractivity contribution >= 4 is 29.9 Å². The van der Waals surface area contributed by atoms with Gasteiger partial charge in [0.05, 0.1) is 13.7 Å². The van der Waals surface area contributed by atoms with Gasteiger partial charge in [0.25, 0.3) is 0 Å². The zero-order valence-electron chi connectivity index (χ0n) is 14.9. The highest BCUT2D eigenvalue weighted by Gasteiger charge is 2.05. The largest absolute Gasteiger partial charge is 0.497 e. The van der Waals surface area contributed by atoms with Crippen LogP contribution in [0.5, 0.6) is 11.5 Å². The predicted octanol–water partition coefficient (Wildman–Crippen LogP) is 3.45. The highest BCUT2D eigenvalue weighted by atomic mass is 127. The van der Waals surface area contributed by atoms with Crippen LogP contribution in [-0.2, 0) is 6.54 Å². The van der Waals surface area contributed by atoms with Gasteiger partial charge in [0.1, 0.15) is 17.6 Å².